The summed E-state index contributed by atoms with van der Waals surface area (Å²) in [6, 6.07) is 10.1. The minimum absolute atomic E-state index is 0.0556. The third-order valence-corrected chi connectivity index (χ3v) is 3.57. The molecule has 0 bridgehead atoms. The number of hydrogen-bond donors (Lipinski definition) is 2. The van der Waals surface area contributed by atoms with Gasteiger partial charge in [0.2, 0.25) is 5.91 Å². The Morgan fingerprint density at radius 3 is 3.00 bits per heavy atom. The molecule has 0 saturated carbocycles. The Hall–Kier alpha value is -2.07. The van der Waals surface area contributed by atoms with Crippen LogP contribution < -0.4 is 10.6 Å². The molecule has 0 spiro atoms. The van der Waals surface area contributed by atoms with Gasteiger partial charge in [-0.1, -0.05) is 18.2 Å². The molecule has 0 fully saturated rings. The Kier molecular flexibility index (Phi) is 3.83. The summed E-state index contributed by atoms with van der Waals surface area (Å²) < 4.78 is 5.21. The molecular formula is C16H18N2O2. The maximum Gasteiger partial charge on any atom is 0.220 e. The van der Waals surface area contributed by atoms with E-state index in [4.69, 9.17) is 4.42 Å². The van der Waals surface area contributed by atoms with Crippen LogP contribution in [0.5, 0.6) is 0 Å². The van der Waals surface area contributed by atoms with Crippen molar-refractivity contribution in [3.05, 3.63) is 59.0 Å². The van der Waals surface area contributed by atoms with Gasteiger partial charge in [-0.2, -0.15) is 0 Å². The number of benzene rings is 1. The molecule has 0 saturated heterocycles. The summed E-state index contributed by atoms with van der Waals surface area (Å²) in [7, 11) is 0. The lowest BCUT2D eigenvalue weighted by molar-refractivity contribution is -0.121. The molecule has 2 heterocycles. The lowest BCUT2D eigenvalue weighted by atomic mass is 10.1. The predicted molar refractivity (Wildman–Crippen MR) is 75.9 cm³/mol. The van der Waals surface area contributed by atoms with E-state index in [0.717, 1.165) is 24.4 Å². The first-order valence-corrected chi connectivity index (χ1v) is 6.92. The Bertz CT molecular complexity index is 591. The first kappa shape index (κ1) is 12.9. The first-order chi connectivity index (χ1) is 9.81. The van der Waals surface area contributed by atoms with E-state index >= 15 is 0 Å². The second-order valence-electron chi connectivity index (χ2n) is 5.06. The first-order valence-electron chi connectivity index (χ1n) is 6.92. The van der Waals surface area contributed by atoms with Crippen LogP contribution in [-0.4, -0.2) is 5.91 Å². The maximum absolute atomic E-state index is 11.8. The zero-order valence-corrected chi connectivity index (χ0v) is 11.3. The standard InChI is InChI=1S/C16H18N2O2/c19-16(6-5-15-2-1-7-20-15)18-9-12-3-4-13-10-17-11-14(13)8-12/h1-4,7-8,17H,5-6,9-11H2,(H,18,19). The van der Waals surface area contributed by atoms with E-state index in [1.807, 2.05) is 12.1 Å². The van der Waals surface area contributed by atoms with Gasteiger partial charge in [0.25, 0.3) is 0 Å². The summed E-state index contributed by atoms with van der Waals surface area (Å²) in [5.41, 5.74) is 3.85. The van der Waals surface area contributed by atoms with Gasteiger partial charge in [-0.3, -0.25) is 4.79 Å². The molecule has 1 aromatic carbocycles. The Morgan fingerprint density at radius 2 is 2.15 bits per heavy atom. The van der Waals surface area contributed by atoms with E-state index in [-0.39, 0.29) is 5.91 Å². The normalized spacial score (nSPS) is 13.2. The minimum Gasteiger partial charge on any atom is -0.469 e. The molecule has 20 heavy (non-hydrogen) atoms. The van der Waals surface area contributed by atoms with Gasteiger partial charge in [-0.15, -0.1) is 0 Å². The predicted octanol–water partition coefficient (Wildman–Crippen LogP) is 2.13. The van der Waals surface area contributed by atoms with Crippen LogP contribution in [0.25, 0.3) is 0 Å². The lowest BCUT2D eigenvalue weighted by Gasteiger charge is -2.06. The van der Waals surface area contributed by atoms with Crippen molar-refractivity contribution in [1.82, 2.24) is 10.6 Å². The van der Waals surface area contributed by atoms with Gasteiger partial charge in [0.1, 0.15) is 5.76 Å². The number of carbonyl (C=O) groups excluding carboxylic acids is 1. The highest BCUT2D eigenvalue weighted by molar-refractivity contribution is 5.76. The van der Waals surface area contributed by atoms with Crippen molar-refractivity contribution in [2.45, 2.75) is 32.5 Å². The quantitative estimate of drug-likeness (QED) is 0.875. The smallest absolute Gasteiger partial charge is 0.220 e. The van der Waals surface area contributed by atoms with E-state index in [0.29, 0.717) is 19.4 Å². The van der Waals surface area contributed by atoms with Crippen LogP contribution >= 0.6 is 0 Å². The van der Waals surface area contributed by atoms with Gasteiger partial charge in [-0.25, -0.2) is 0 Å². The van der Waals surface area contributed by atoms with E-state index in [1.54, 1.807) is 6.26 Å². The topological polar surface area (TPSA) is 54.3 Å². The van der Waals surface area contributed by atoms with Crippen molar-refractivity contribution in [1.29, 1.82) is 0 Å². The number of fused-ring (bicyclic) bond motifs is 1. The highest BCUT2D eigenvalue weighted by Gasteiger charge is 2.10. The third kappa shape index (κ3) is 3.08. The van der Waals surface area contributed by atoms with Crippen LogP contribution in [-0.2, 0) is 30.8 Å². The molecule has 0 atom stereocenters. The summed E-state index contributed by atoms with van der Waals surface area (Å²) in [6.07, 6.45) is 2.73. The Balaban J connectivity index is 1.48. The van der Waals surface area contributed by atoms with Crippen molar-refractivity contribution >= 4 is 5.91 Å². The molecule has 4 nitrogen and oxygen atoms in total. The highest BCUT2D eigenvalue weighted by atomic mass is 16.3. The molecule has 1 aromatic heterocycles. The van der Waals surface area contributed by atoms with Crippen molar-refractivity contribution in [3.8, 4) is 0 Å². The number of hydrogen-bond acceptors (Lipinski definition) is 3. The number of nitrogens with one attached hydrogen (secondary N) is 2. The van der Waals surface area contributed by atoms with E-state index in [1.165, 1.54) is 11.1 Å². The maximum atomic E-state index is 11.8. The van der Waals surface area contributed by atoms with Crippen LogP contribution in [0.2, 0.25) is 0 Å². The van der Waals surface area contributed by atoms with E-state index in [9.17, 15) is 4.79 Å². The second-order valence-corrected chi connectivity index (χ2v) is 5.06. The van der Waals surface area contributed by atoms with Crippen molar-refractivity contribution in [2.75, 3.05) is 0 Å². The number of rotatable bonds is 5. The molecule has 2 N–H and O–H groups in total. The van der Waals surface area contributed by atoms with E-state index in [2.05, 4.69) is 28.8 Å². The van der Waals surface area contributed by atoms with Crippen molar-refractivity contribution in [2.24, 2.45) is 0 Å². The molecule has 104 valence electrons. The molecule has 1 aliphatic heterocycles. The van der Waals surface area contributed by atoms with Crippen molar-refractivity contribution in [3.63, 3.8) is 0 Å². The van der Waals surface area contributed by atoms with Gasteiger partial charge >= 0.3 is 0 Å². The fourth-order valence-corrected chi connectivity index (χ4v) is 2.44. The fourth-order valence-electron chi connectivity index (χ4n) is 2.44. The molecule has 2 aromatic rings. The fraction of sp³-hybridized carbons (Fsp3) is 0.312. The van der Waals surface area contributed by atoms with Gasteiger partial charge in [0.15, 0.2) is 0 Å². The lowest BCUT2D eigenvalue weighted by Crippen LogP contribution is -2.23. The Morgan fingerprint density at radius 1 is 1.25 bits per heavy atom. The SMILES string of the molecule is O=C(CCc1ccco1)NCc1ccc2c(c1)CNC2. The monoisotopic (exact) mass is 270 g/mol. The van der Waals surface area contributed by atoms with E-state index < -0.39 is 0 Å². The minimum atomic E-state index is 0.0556. The van der Waals surface area contributed by atoms with Crippen molar-refractivity contribution < 1.29 is 9.21 Å². The summed E-state index contributed by atoms with van der Waals surface area (Å²) in [4.78, 5) is 11.8. The summed E-state index contributed by atoms with van der Waals surface area (Å²) in [6.45, 7) is 2.46. The zero-order valence-electron chi connectivity index (χ0n) is 11.3. The molecule has 0 radical (unpaired) electrons. The molecule has 0 aliphatic carbocycles. The molecule has 0 unspecified atom stereocenters. The van der Waals surface area contributed by atoms with Gasteiger partial charge < -0.3 is 15.1 Å². The second kappa shape index (κ2) is 5.92. The molecular weight excluding hydrogens is 252 g/mol. The number of amides is 1. The van der Waals surface area contributed by atoms with Crippen LogP contribution in [0.15, 0.2) is 41.0 Å². The molecule has 3 rings (SSSR count). The van der Waals surface area contributed by atoms with Crippen LogP contribution in [0.3, 0.4) is 0 Å². The molecule has 1 amide bonds. The average molecular weight is 270 g/mol. The highest BCUT2D eigenvalue weighted by Crippen LogP contribution is 2.16. The Labute approximate surface area is 118 Å². The summed E-state index contributed by atoms with van der Waals surface area (Å²) in [5.74, 6) is 0.906. The van der Waals surface area contributed by atoms with Gasteiger partial charge in [-0.05, 0) is 28.8 Å². The van der Waals surface area contributed by atoms with Crippen LogP contribution in [0, 0.1) is 0 Å². The molecule has 1 aliphatic rings. The zero-order chi connectivity index (χ0) is 13.8. The third-order valence-electron chi connectivity index (χ3n) is 3.57. The van der Waals surface area contributed by atoms with Gasteiger partial charge in [0, 0.05) is 32.5 Å². The summed E-state index contributed by atoms with van der Waals surface area (Å²) in [5, 5.41) is 6.27. The van der Waals surface area contributed by atoms with Gasteiger partial charge in [0.05, 0.1) is 6.26 Å². The number of aryl methyl sites for hydroxylation is 1. The largest absolute Gasteiger partial charge is 0.469 e. The molecule has 4 heteroatoms. The number of furan rings is 1. The number of carbonyl (C=O) groups is 1. The summed E-state index contributed by atoms with van der Waals surface area (Å²) >= 11 is 0. The van der Waals surface area contributed by atoms with Crippen LogP contribution in [0.1, 0.15) is 28.9 Å². The van der Waals surface area contributed by atoms with Crippen LogP contribution in [0.4, 0.5) is 0 Å². The average Bonchev–Trinajstić information content (AvgIpc) is 3.13.